The highest BCUT2D eigenvalue weighted by Crippen LogP contribution is 2.48. The number of rotatable bonds is 3. The summed E-state index contributed by atoms with van der Waals surface area (Å²) in [7, 11) is 0. The first kappa shape index (κ1) is 16.9. The lowest BCUT2D eigenvalue weighted by atomic mass is 9.57. The molecule has 0 rings (SSSR count). The summed E-state index contributed by atoms with van der Waals surface area (Å²) in [5.74, 6) is -3.54. The van der Waals surface area contributed by atoms with Crippen molar-refractivity contribution in [2.75, 3.05) is 0 Å². The average Bonchev–Trinajstić information content (AvgIpc) is 2.10. The number of hydrogen-bond donors (Lipinski definition) is 4. The first-order valence-electron chi connectivity index (χ1n) is 5.55. The van der Waals surface area contributed by atoms with Crippen LogP contribution in [0, 0.1) is 10.8 Å². The molecule has 4 N–H and O–H groups in total. The molecule has 6 heteroatoms. The SMILES string of the molecule is CC(C)(C)C(O)(C(=O)O)C(O)(C(=O)O)C(C)(C)C. The topological polar surface area (TPSA) is 115 Å². The second kappa shape index (κ2) is 4.20. The molecule has 0 aliphatic carbocycles. The quantitative estimate of drug-likeness (QED) is 0.595. The third-order valence-corrected chi connectivity index (χ3v) is 3.31. The Kier molecular flexibility index (Phi) is 3.94. The number of hydrogen-bond acceptors (Lipinski definition) is 4. The van der Waals surface area contributed by atoms with E-state index in [1.807, 2.05) is 0 Å². The molecule has 0 aliphatic heterocycles. The van der Waals surface area contributed by atoms with Gasteiger partial charge in [0.1, 0.15) is 0 Å². The number of aliphatic carboxylic acids is 2. The molecular weight excluding hydrogens is 240 g/mol. The zero-order valence-corrected chi connectivity index (χ0v) is 11.6. The van der Waals surface area contributed by atoms with Crippen molar-refractivity contribution in [3.8, 4) is 0 Å². The van der Waals surface area contributed by atoms with E-state index in [-0.39, 0.29) is 0 Å². The first-order valence-corrected chi connectivity index (χ1v) is 5.55. The highest BCUT2D eigenvalue weighted by atomic mass is 16.5. The van der Waals surface area contributed by atoms with E-state index in [1.54, 1.807) is 0 Å². The maximum absolute atomic E-state index is 11.4. The third-order valence-electron chi connectivity index (χ3n) is 3.31. The summed E-state index contributed by atoms with van der Waals surface area (Å²) in [4.78, 5) is 22.8. The molecule has 0 aliphatic rings. The summed E-state index contributed by atoms with van der Waals surface area (Å²) in [5.41, 5.74) is -8.41. The van der Waals surface area contributed by atoms with Gasteiger partial charge in [-0.1, -0.05) is 41.5 Å². The fourth-order valence-electron chi connectivity index (χ4n) is 2.04. The maximum Gasteiger partial charge on any atom is 0.340 e. The lowest BCUT2D eigenvalue weighted by molar-refractivity contribution is -0.251. The Morgan fingerprint density at radius 3 is 0.889 bits per heavy atom. The van der Waals surface area contributed by atoms with Crippen LogP contribution in [-0.2, 0) is 9.59 Å². The van der Waals surface area contributed by atoms with E-state index in [0.717, 1.165) is 0 Å². The van der Waals surface area contributed by atoms with Crippen LogP contribution in [0.15, 0.2) is 0 Å². The van der Waals surface area contributed by atoms with Gasteiger partial charge in [0.2, 0.25) is 11.2 Å². The van der Waals surface area contributed by atoms with Crippen LogP contribution in [0.1, 0.15) is 41.5 Å². The van der Waals surface area contributed by atoms with Crippen LogP contribution in [0.4, 0.5) is 0 Å². The normalized spacial score (nSPS) is 19.8. The summed E-state index contributed by atoms with van der Waals surface area (Å²) in [5, 5.41) is 39.3. The molecular formula is C12H22O6. The smallest absolute Gasteiger partial charge is 0.340 e. The van der Waals surface area contributed by atoms with Gasteiger partial charge in [0.05, 0.1) is 0 Å². The molecule has 0 spiro atoms. The molecule has 6 nitrogen and oxygen atoms in total. The van der Waals surface area contributed by atoms with E-state index in [2.05, 4.69) is 0 Å². The molecule has 0 fully saturated rings. The fourth-order valence-corrected chi connectivity index (χ4v) is 2.04. The zero-order chi connectivity index (χ0) is 15.2. The van der Waals surface area contributed by atoms with E-state index in [1.165, 1.54) is 41.5 Å². The zero-order valence-electron chi connectivity index (χ0n) is 11.6. The molecule has 18 heavy (non-hydrogen) atoms. The van der Waals surface area contributed by atoms with Gasteiger partial charge in [0.25, 0.3) is 0 Å². The van der Waals surface area contributed by atoms with Crippen LogP contribution in [-0.4, -0.2) is 43.6 Å². The van der Waals surface area contributed by atoms with E-state index in [4.69, 9.17) is 0 Å². The van der Waals surface area contributed by atoms with Crippen molar-refractivity contribution in [3.05, 3.63) is 0 Å². The Hall–Kier alpha value is -1.14. The minimum atomic E-state index is -2.83. The number of carboxylic acid groups (broad SMARTS) is 2. The predicted octanol–water partition coefficient (Wildman–Crippen LogP) is 0.710. The minimum Gasteiger partial charge on any atom is -0.479 e. The molecule has 2 unspecified atom stereocenters. The average molecular weight is 262 g/mol. The molecule has 0 aromatic rings. The van der Waals surface area contributed by atoms with Crippen molar-refractivity contribution in [1.29, 1.82) is 0 Å². The summed E-state index contributed by atoms with van der Waals surface area (Å²) >= 11 is 0. The van der Waals surface area contributed by atoms with Gasteiger partial charge in [0, 0.05) is 10.8 Å². The molecule has 0 saturated carbocycles. The highest BCUT2D eigenvalue weighted by Gasteiger charge is 2.70. The minimum absolute atomic E-state index is 1.36. The standard InChI is InChI=1S/C12H22O6/c1-9(2,3)11(17,7(13)14)12(18,8(15)16)10(4,5)6/h17-18H,1-6H3,(H,13,14)(H,15,16). The van der Waals surface area contributed by atoms with Crippen molar-refractivity contribution >= 4 is 11.9 Å². The van der Waals surface area contributed by atoms with Gasteiger partial charge in [-0.2, -0.15) is 0 Å². The van der Waals surface area contributed by atoms with E-state index >= 15 is 0 Å². The third kappa shape index (κ3) is 1.99. The van der Waals surface area contributed by atoms with Gasteiger partial charge in [-0.3, -0.25) is 0 Å². The maximum atomic E-state index is 11.4. The second-order valence-corrected chi connectivity index (χ2v) is 6.53. The van der Waals surface area contributed by atoms with Crippen molar-refractivity contribution in [2.45, 2.75) is 52.7 Å². The largest absolute Gasteiger partial charge is 0.479 e. The number of carbonyl (C=O) groups is 2. The van der Waals surface area contributed by atoms with Crippen LogP contribution < -0.4 is 0 Å². The molecule has 0 aromatic heterocycles. The molecule has 2 atom stereocenters. The summed E-state index contributed by atoms with van der Waals surface area (Å²) < 4.78 is 0. The van der Waals surface area contributed by atoms with Gasteiger partial charge < -0.3 is 20.4 Å². The van der Waals surface area contributed by atoms with Crippen LogP contribution in [0.2, 0.25) is 0 Å². The van der Waals surface area contributed by atoms with E-state index in [9.17, 15) is 30.0 Å². The summed E-state index contributed by atoms with van der Waals surface area (Å²) in [6.45, 7) is 8.17. The highest BCUT2D eigenvalue weighted by molar-refractivity contribution is 5.92. The lowest BCUT2D eigenvalue weighted by Crippen LogP contribution is -2.74. The van der Waals surface area contributed by atoms with E-state index < -0.39 is 34.0 Å². The molecule has 0 heterocycles. The molecule has 106 valence electrons. The van der Waals surface area contributed by atoms with Crippen molar-refractivity contribution in [2.24, 2.45) is 10.8 Å². The Bertz CT molecular complexity index is 326. The van der Waals surface area contributed by atoms with Crippen molar-refractivity contribution < 1.29 is 30.0 Å². The van der Waals surface area contributed by atoms with Crippen LogP contribution >= 0.6 is 0 Å². The summed E-state index contributed by atoms with van der Waals surface area (Å²) in [6.07, 6.45) is 0. The van der Waals surface area contributed by atoms with Gasteiger partial charge in [-0.05, 0) is 0 Å². The Morgan fingerprint density at radius 2 is 0.833 bits per heavy atom. The van der Waals surface area contributed by atoms with Gasteiger partial charge in [-0.15, -0.1) is 0 Å². The van der Waals surface area contributed by atoms with Gasteiger partial charge in [-0.25, -0.2) is 9.59 Å². The second-order valence-electron chi connectivity index (χ2n) is 6.53. The summed E-state index contributed by atoms with van der Waals surface area (Å²) in [6, 6.07) is 0. The Labute approximate surface area is 106 Å². The molecule has 0 bridgehead atoms. The van der Waals surface area contributed by atoms with Crippen LogP contribution in [0.5, 0.6) is 0 Å². The van der Waals surface area contributed by atoms with Gasteiger partial charge >= 0.3 is 11.9 Å². The molecule has 0 aromatic carbocycles. The first-order chi connectivity index (χ1) is 7.64. The Balaban J connectivity index is 6.37. The van der Waals surface area contributed by atoms with E-state index in [0.29, 0.717) is 0 Å². The fraction of sp³-hybridized carbons (Fsp3) is 0.833. The van der Waals surface area contributed by atoms with Crippen LogP contribution in [0.25, 0.3) is 0 Å². The van der Waals surface area contributed by atoms with Crippen molar-refractivity contribution in [1.82, 2.24) is 0 Å². The number of carboxylic acids is 2. The lowest BCUT2D eigenvalue weighted by Gasteiger charge is -2.51. The predicted molar refractivity (Wildman–Crippen MR) is 64.1 cm³/mol. The molecule has 0 radical (unpaired) electrons. The molecule has 0 saturated heterocycles. The van der Waals surface area contributed by atoms with Crippen molar-refractivity contribution in [3.63, 3.8) is 0 Å². The number of aliphatic hydroxyl groups is 2. The van der Waals surface area contributed by atoms with Crippen LogP contribution in [0.3, 0.4) is 0 Å². The Morgan fingerprint density at radius 1 is 0.667 bits per heavy atom. The molecule has 0 amide bonds. The van der Waals surface area contributed by atoms with Gasteiger partial charge in [0.15, 0.2) is 0 Å². The monoisotopic (exact) mass is 262 g/mol.